The van der Waals surface area contributed by atoms with Gasteiger partial charge in [0.05, 0.1) is 6.04 Å². The lowest BCUT2D eigenvalue weighted by Crippen LogP contribution is -2.13. The molecule has 0 saturated heterocycles. The van der Waals surface area contributed by atoms with Crippen LogP contribution in [0.2, 0.25) is 0 Å². The summed E-state index contributed by atoms with van der Waals surface area (Å²) in [7, 11) is 1.83. The van der Waals surface area contributed by atoms with Gasteiger partial charge in [-0.15, -0.1) is 0 Å². The Labute approximate surface area is 82.4 Å². The van der Waals surface area contributed by atoms with E-state index in [1.807, 2.05) is 37.4 Å². The lowest BCUT2D eigenvalue weighted by atomic mass is 10.1. The van der Waals surface area contributed by atoms with Crippen LogP contribution in [0.25, 0.3) is 0 Å². The first-order valence-electron chi connectivity index (χ1n) is 4.43. The van der Waals surface area contributed by atoms with Gasteiger partial charge in [-0.05, 0) is 5.56 Å². The van der Waals surface area contributed by atoms with E-state index in [2.05, 4.69) is 10.1 Å². The highest BCUT2D eigenvalue weighted by molar-refractivity contribution is 5.23. The Morgan fingerprint density at radius 3 is 2.57 bits per heavy atom. The summed E-state index contributed by atoms with van der Waals surface area (Å²) in [6, 6.07) is 9.58. The first-order valence-corrected chi connectivity index (χ1v) is 4.43. The maximum atomic E-state index is 5.99. The van der Waals surface area contributed by atoms with Gasteiger partial charge in [0.2, 0.25) is 0 Å². The van der Waals surface area contributed by atoms with Gasteiger partial charge in [0.25, 0.3) is 0 Å². The Morgan fingerprint density at radius 1 is 1.29 bits per heavy atom. The Kier molecular flexibility index (Phi) is 2.28. The summed E-state index contributed by atoms with van der Waals surface area (Å²) in [6.07, 6.45) is 1.65. The highest BCUT2D eigenvalue weighted by Gasteiger charge is 2.11. The Bertz CT molecular complexity index is 407. The molecule has 1 aromatic carbocycles. The zero-order valence-electron chi connectivity index (χ0n) is 7.96. The quantitative estimate of drug-likeness (QED) is 0.760. The molecule has 1 atom stereocenters. The number of hydrogen-bond acceptors (Lipinski definition) is 3. The normalized spacial score (nSPS) is 12.7. The Morgan fingerprint density at radius 2 is 2.00 bits per heavy atom. The van der Waals surface area contributed by atoms with Crippen molar-refractivity contribution in [3.8, 4) is 0 Å². The van der Waals surface area contributed by atoms with E-state index in [0.29, 0.717) is 5.82 Å². The van der Waals surface area contributed by atoms with Crippen molar-refractivity contribution >= 4 is 0 Å². The van der Waals surface area contributed by atoms with Gasteiger partial charge in [-0.2, -0.15) is 5.10 Å². The molecule has 4 heteroatoms. The molecule has 0 bridgehead atoms. The predicted molar refractivity (Wildman–Crippen MR) is 53.5 cm³/mol. The van der Waals surface area contributed by atoms with Crippen molar-refractivity contribution in [1.29, 1.82) is 0 Å². The third-order valence-electron chi connectivity index (χ3n) is 2.05. The van der Waals surface area contributed by atoms with Gasteiger partial charge >= 0.3 is 0 Å². The van der Waals surface area contributed by atoms with E-state index in [9.17, 15) is 0 Å². The molecule has 2 N–H and O–H groups in total. The molecule has 0 spiro atoms. The molecule has 0 unspecified atom stereocenters. The van der Waals surface area contributed by atoms with Gasteiger partial charge in [0.1, 0.15) is 6.33 Å². The first kappa shape index (κ1) is 8.90. The maximum Gasteiger partial charge on any atom is 0.171 e. The number of rotatable bonds is 2. The van der Waals surface area contributed by atoms with Crippen LogP contribution < -0.4 is 5.73 Å². The van der Waals surface area contributed by atoms with Crippen molar-refractivity contribution in [2.45, 2.75) is 6.04 Å². The first-order chi connectivity index (χ1) is 6.77. The maximum absolute atomic E-state index is 5.99. The molecular formula is C10H12N4. The monoisotopic (exact) mass is 188 g/mol. The van der Waals surface area contributed by atoms with Crippen molar-refractivity contribution < 1.29 is 0 Å². The molecule has 0 aliphatic heterocycles. The standard InChI is InChI=1S/C10H12N4/c1-14-7-12-10(13-14)9(11)8-5-3-2-4-6-8/h2-7,9H,11H2,1H3/t9-/m1/s1. The largest absolute Gasteiger partial charge is 0.318 e. The number of hydrogen-bond donors (Lipinski definition) is 1. The number of nitrogens with zero attached hydrogens (tertiary/aromatic N) is 3. The molecule has 0 amide bonds. The van der Waals surface area contributed by atoms with E-state index in [4.69, 9.17) is 5.73 Å². The third kappa shape index (κ3) is 1.65. The highest BCUT2D eigenvalue weighted by atomic mass is 15.3. The second-order valence-corrected chi connectivity index (χ2v) is 3.16. The SMILES string of the molecule is Cn1cnc([C@H](N)c2ccccc2)n1. The third-order valence-corrected chi connectivity index (χ3v) is 2.05. The summed E-state index contributed by atoms with van der Waals surface area (Å²) in [5.41, 5.74) is 7.02. The number of nitrogens with two attached hydrogens (primary N) is 1. The van der Waals surface area contributed by atoms with E-state index < -0.39 is 0 Å². The van der Waals surface area contributed by atoms with Crippen molar-refractivity contribution in [1.82, 2.24) is 14.8 Å². The van der Waals surface area contributed by atoms with Gasteiger partial charge in [0, 0.05) is 7.05 Å². The van der Waals surface area contributed by atoms with Crippen molar-refractivity contribution in [3.63, 3.8) is 0 Å². The van der Waals surface area contributed by atoms with Crippen LogP contribution in [0.15, 0.2) is 36.7 Å². The van der Waals surface area contributed by atoms with Crippen LogP contribution >= 0.6 is 0 Å². The topological polar surface area (TPSA) is 56.7 Å². The molecule has 14 heavy (non-hydrogen) atoms. The van der Waals surface area contributed by atoms with Crippen LogP contribution in [-0.4, -0.2) is 14.8 Å². The van der Waals surface area contributed by atoms with Gasteiger partial charge in [0.15, 0.2) is 5.82 Å². The van der Waals surface area contributed by atoms with Gasteiger partial charge in [-0.1, -0.05) is 30.3 Å². The average molecular weight is 188 g/mol. The van der Waals surface area contributed by atoms with Crippen LogP contribution in [0.5, 0.6) is 0 Å². The summed E-state index contributed by atoms with van der Waals surface area (Å²) in [5, 5.41) is 4.17. The van der Waals surface area contributed by atoms with Crippen LogP contribution in [0, 0.1) is 0 Å². The van der Waals surface area contributed by atoms with Gasteiger partial charge in [-0.25, -0.2) is 4.98 Å². The minimum absolute atomic E-state index is 0.239. The molecule has 2 rings (SSSR count). The van der Waals surface area contributed by atoms with E-state index in [1.165, 1.54) is 0 Å². The molecular weight excluding hydrogens is 176 g/mol. The molecule has 0 aliphatic carbocycles. The van der Waals surface area contributed by atoms with Crippen LogP contribution in [0.3, 0.4) is 0 Å². The smallest absolute Gasteiger partial charge is 0.171 e. The fourth-order valence-electron chi connectivity index (χ4n) is 1.31. The summed E-state index contributed by atoms with van der Waals surface area (Å²) in [6.45, 7) is 0. The Hall–Kier alpha value is -1.68. The molecule has 1 heterocycles. The molecule has 2 aromatic rings. The fourth-order valence-corrected chi connectivity index (χ4v) is 1.31. The molecule has 0 radical (unpaired) electrons. The van der Waals surface area contributed by atoms with Crippen molar-refractivity contribution in [2.24, 2.45) is 12.8 Å². The summed E-state index contributed by atoms with van der Waals surface area (Å²) in [4.78, 5) is 4.12. The second-order valence-electron chi connectivity index (χ2n) is 3.16. The average Bonchev–Trinajstić information content (AvgIpc) is 2.65. The van der Waals surface area contributed by atoms with Gasteiger partial charge < -0.3 is 5.73 Å². The van der Waals surface area contributed by atoms with Gasteiger partial charge in [-0.3, -0.25) is 4.68 Å². The van der Waals surface area contributed by atoms with Crippen molar-refractivity contribution in [2.75, 3.05) is 0 Å². The van der Waals surface area contributed by atoms with E-state index in [1.54, 1.807) is 11.0 Å². The van der Waals surface area contributed by atoms with Crippen LogP contribution in [0.1, 0.15) is 17.4 Å². The van der Waals surface area contributed by atoms with Crippen molar-refractivity contribution in [3.05, 3.63) is 48.0 Å². The van der Waals surface area contributed by atoms with E-state index in [-0.39, 0.29) is 6.04 Å². The Balaban J connectivity index is 2.29. The molecule has 0 fully saturated rings. The predicted octanol–water partition coefficient (Wildman–Crippen LogP) is 0.863. The summed E-state index contributed by atoms with van der Waals surface area (Å²) >= 11 is 0. The molecule has 72 valence electrons. The molecule has 0 aliphatic rings. The minimum Gasteiger partial charge on any atom is -0.318 e. The lowest BCUT2D eigenvalue weighted by molar-refractivity contribution is 0.713. The summed E-state index contributed by atoms with van der Waals surface area (Å²) in [5.74, 6) is 0.652. The fraction of sp³-hybridized carbons (Fsp3) is 0.200. The molecule has 4 nitrogen and oxygen atoms in total. The number of aryl methyl sites for hydroxylation is 1. The minimum atomic E-state index is -0.239. The van der Waals surface area contributed by atoms with E-state index >= 15 is 0 Å². The lowest BCUT2D eigenvalue weighted by Gasteiger charge is -2.06. The zero-order valence-corrected chi connectivity index (χ0v) is 7.96. The van der Waals surface area contributed by atoms with Crippen LogP contribution in [0.4, 0.5) is 0 Å². The summed E-state index contributed by atoms with van der Waals surface area (Å²) < 4.78 is 1.65. The second kappa shape index (κ2) is 3.59. The molecule has 0 saturated carbocycles. The van der Waals surface area contributed by atoms with Crippen LogP contribution in [-0.2, 0) is 7.05 Å². The highest BCUT2D eigenvalue weighted by Crippen LogP contribution is 2.14. The zero-order chi connectivity index (χ0) is 9.97. The molecule has 1 aromatic heterocycles. The van der Waals surface area contributed by atoms with E-state index in [0.717, 1.165) is 5.56 Å². The number of aromatic nitrogens is 3. The number of benzene rings is 1.